The topological polar surface area (TPSA) is 129 Å². The molecule has 9 heteroatoms. The first-order valence-corrected chi connectivity index (χ1v) is 9.00. The first-order valence-electron chi connectivity index (χ1n) is 9.00. The molecule has 0 spiro atoms. The van der Waals surface area contributed by atoms with E-state index >= 15 is 0 Å². The molecule has 1 fully saturated rings. The SMILES string of the molecule is CC(=O)OCC1=C2/C(=C\[C@@]3(C)CC[C@](O)(O3)[C@@](C)(OC(C)=O)C[C@H]2O)OC1=O. The summed E-state index contributed by atoms with van der Waals surface area (Å²) in [6.45, 7) is 5.18. The molecule has 28 heavy (non-hydrogen) atoms. The number of esters is 3. The van der Waals surface area contributed by atoms with Crippen molar-refractivity contribution in [2.75, 3.05) is 6.61 Å². The Balaban J connectivity index is 2.12. The van der Waals surface area contributed by atoms with Gasteiger partial charge in [-0.05, 0) is 26.3 Å². The second kappa shape index (κ2) is 6.68. The smallest absolute Gasteiger partial charge is 0.343 e. The zero-order chi connectivity index (χ0) is 20.9. The highest BCUT2D eigenvalue weighted by molar-refractivity contribution is 5.95. The molecule has 0 unspecified atom stereocenters. The summed E-state index contributed by atoms with van der Waals surface area (Å²) in [5.41, 5.74) is -2.50. The van der Waals surface area contributed by atoms with Gasteiger partial charge in [0.1, 0.15) is 12.4 Å². The highest BCUT2D eigenvalue weighted by Crippen LogP contribution is 2.50. The number of ether oxygens (including phenoxy) is 4. The molecular weight excluding hydrogens is 372 g/mol. The Morgan fingerprint density at radius 2 is 1.93 bits per heavy atom. The number of carbonyl (C=O) groups is 3. The Hall–Kier alpha value is -2.23. The normalized spacial score (nSPS) is 39.1. The maximum absolute atomic E-state index is 12.3. The number of hydrogen-bond donors (Lipinski definition) is 2. The average molecular weight is 396 g/mol. The molecule has 9 nitrogen and oxygen atoms in total. The molecule has 0 aromatic carbocycles. The van der Waals surface area contributed by atoms with Gasteiger partial charge >= 0.3 is 17.9 Å². The van der Waals surface area contributed by atoms with Gasteiger partial charge in [0.15, 0.2) is 5.60 Å². The lowest BCUT2D eigenvalue weighted by Gasteiger charge is -2.42. The van der Waals surface area contributed by atoms with Gasteiger partial charge in [-0.15, -0.1) is 0 Å². The monoisotopic (exact) mass is 396 g/mol. The van der Waals surface area contributed by atoms with Crippen LogP contribution in [0.5, 0.6) is 0 Å². The van der Waals surface area contributed by atoms with Crippen molar-refractivity contribution in [1.29, 1.82) is 0 Å². The van der Waals surface area contributed by atoms with Crippen LogP contribution in [-0.2, 0) is 33.3 Å². The minimum atomic E-state index is -1.84. The molecule has 0 saturated carbocycles. The lowest BCUT2D eigenvalue weighted by molar-refractivity contribution is -0.302. The van der Waals surface area contributed by atoms with E-state index < -0.39 is 41.0 Å². The van der Waals surface area contributed by atoms with E-state index in [1.807, 2.05) is 0 Å². The number of aliphatic hydroxyl groups is 2. The second-order valence-corrected chi connectivity index (χ2v) is 7.81. The van der Waals surface area contributed by atoms with Crippen molar-refractivity contribution >= 4 is 17.9 Å². The van der Waals surface area contributed by atoms with Gasteiger partial charge in [0, 0.05) is 32.3 Å². The summed E-state index contributed by atoms with van der Waals surface area (Å²) in [4.78, 5) is 35.2. The summed E-state index contributed by atoms with van der Waals surface area (Å²) >= 11 is 0. The van der Waals surface area contributed by atoms with Crippen LogP contribution in [0.1, 0.15) is 47.0 Å². The Labute approximate surface area is 161 Å². The van der Waals surface area contributed by atoms with E-state index in [0.717, 1.165) is 0 Å². The molecule has 3 rings (SSSR count). The lowest BCUT2D eigenvalue weighted by Crippen LogP contribution is -2.56. The van der Waals surface area contributed by atoms with E-state index in [4.69, 9.17) is 18.9 Å². The molecule has 0 aliphatic carbocycles. The van der Waals surface area contributed by atoms with Crippen molar-refractivity contribution in [3.8, 4) is 0 Å². The predicted octanol–water partition coefficient (Wildman–Crippen LogP) is 0.631. The molecule has 3 aliphatic rings. The number of carbonyl (C=O) groups excluding carboxylic acids is 3. The molecule has 0 radical (unpaired) electrons. The predicted molar refractivity (Wildman–Crippen MR) is 92.3 cm³/mol. The molecule has 2 bridgehead atoms. The largest absolute Gasteiger partial charge is 0.461 e. The molecule has 3 heterocycles. The highest BCUT2D eigenvalue weighted by atomic mass is 16.7. The van der Waals surface area contributed by atoms with Crippen molar-refractivity contribution in [3.63, 3.8) is 0 Å². The van der Waals surface area contributed by atoms with Gasteiger partial charge in [-0.2, -0.15) is 0 Å². The molecule has 3 aliphatic heterocycles. The van der Waals surface area contributed by atoms with Gasteiger partial charge in [0.25, 0.3) is 0 Å². The maximum atomic E-state index is 12.3. The van der Waals surface area contributed by atoms with E-state index in [9.17, 15) is 24.6 Å². The number of hydrogen-bond acceptors (Lipinski definition) is 9. The molecule has 2 N–H and O–H groups in total. The van der Waals surface area contributed by atoms with Gasteiger partial charge in [0.05, 0.1) is 17.3 Å². The molecule has 0 amide bonds. The van der Waals surface area contributed by atoms with Crippen LogP contribution in [0.2, 0.25) is 0 Å². The summed E-state index contributed by atoms with van der Waals surface area (Å²) in [5.74, 6) is -3.75. The zero-order valence-corrected chi connectivity index (χ0v) is 16.2. The Morgan fingerprint density at radius 3 is 2.54 bits per heavy atom. The zero-order valence-electron chi connectivity index (χ0n) is 16.2. The minimum Gasteiger partial charge on any atom is -0.461 e. The molecule has 154 valence electrons. The molecule has 1 saturated heterocycles. The van der Waals surface area contributed by atoms with Crippen molar-refractivity contribution < 1.29 is 43.5 Å². The Kier molecular flexibility index (Phi) is 4.89. The van der Waals surface area contributed by atoms with Crippen LogP contribution < -0.4 is 0 Å². The van der Waals surface area contributed by atoms with Crippen LogP contribution in [0.3, 0.4) is 0 Å². The van der Waals surface area contributed by atoms with Gasteiger partial charge in [0.2, 0.25) is 5.79 Å². The van der Waals surface area contributed by atoms with E-state index in [1.165, 1.54) is 26.8 Å². The fourth-order valence-corrected chi connectivity index (χ4v) is 3.98. The van der Waals surface area contributed by atoms with Crippen LogP contribution in [0.25, 0.3) is 0 Å². The van der Waals surface area contributed by atoms with E-state index in [1.54, 1.807) is 6.92 Å². The molecule has 0 aromatic heterocycles. The molecule has 4 atom stereocenters. The fourth-order valence-electron chi connectivity index (χ4n) is 3.98. The standard InChI is InChI=1S/C19H24O9/c1-10(20)25-9-12-15-13(22)7-18(4,27-11(2)21)19(24)6-5-17(3,28-19)8-14(15)26-16(12)23/h8,13,22,24H,5-7,9H2,1-4H3/b14-8+/t13-,17-,18+,19+/m1/s1. The quantitative estimate of drug-likeness (QED) is 0.521. The van der Waals surface area contributed by atoms with Crippen LogP contribution >= 0.6 is 0 Å². The van der Waals surface area contributed by atoms with Gasteiger partial charge < -0.3 is 29.2 Å². The highest BCUT2D eigenvalue weighted by Gasteiger charge is 2.60. The summed E-state index contributed by atoms with van der Waals surface area (Å²) in [6.07, 6.45) is 0.428. The molecule has 0 aromatic rings. The number of fused-ring (bicyclic) bond motifs is 3. The van der Waals surface area contributed by atoms with Crippen LogP contribution in [0, 0.1) is 0 Å². The number of aliphatic hydroxyl groups excluding tert-OH is 1. The lowest BCUT2D eigenvalue weighted by atomic mass is 9.82. The van der Waals surface area contributed by atoms with E-state index in [0.29, 0.717) is 6.42 Å². The van der Waals surface area contributed by atoms with Crippen LogP contribution in [0.4, 0.5) is 0 Å². The Morgan fingerprint density at radius 1 is 1.25 bits per heavy atom. The van der Waals surface area contributed by atoms with Crippen LogP contribution in [0.15, 0.2) is 23.0 Å². The summed E-state index contributed by atoms with van der Waals surface area (Å²) in [5, 5.41) is 22.0. The summed E-state index contributed by atoms with van der Waals surface area (Å²) in [7, 11) is 0. The summed E-state index contributed by atoms with van der Waals surface area (Å²) < 4.78 is 21.5. The maximum Gasteiger partial charge on any atom is 0.343 e. The van der Waals surface area contributed by atoms with Crippen molar-refractivity contribution in [2.45, 2.75) is 70.1 Å². The second-order valence-electron chi connectivity index (χ2n) is 7.81. The first kappa shape index (κ1) is 20.5. The van der Waals surface area contributed by atoms with Crippen molar-refractivity contribution in [1.82, 2.24) is 0 Å². The minimum absolute atomic E-state index is 0.00696. The first-order chi connectivity index (χ1) is 12.9. The van der Waals surface area contributed by atoms with Gasteiger partial charge in [-0.1, -0.05) is 0 Å². The third-order valence-electron chi connectivity index (χ3n) is 5.37. The third-order valence-corrected chi connectivity index (χ3v) is 5.37. The van der Waals surface area contributed by atoms with E-state index in [2.05, 4.69) is 0 Å². The molecular formula is C19H24O9. The third kappa shape index (κ3) is 3.45. The van der Waals surface area contributed by atoms with Crippen molar-refractivity contribution in [2.24, 2.45) is 0 Å². The average Bonchev–Trinajstić information content (AvgIpc) is 3.01. The van der Waals surface area contributed by atoms with Crippen molar-refractivity contribution in [3.05, 3.63) is 23.0 Å². The van der Waals surface area contributed by atoms with Gasteiger partial charge in [-0.25, -0.2) is 4.79 Å². The fraction of sp³-hybridized carbons (Fsp3) is 0.632. The van der Waals surface area contributed by atoms with Crippen LogP contribution in [-0.4, -0.2) is 57.8 Å². The summed E-state index contributed by atoms with van der Waals surface area (Å²) in [6, 6.07) is 0. The van der Waals surface area contributed by atoms with Gasteiger partial charge in [-0.3, -0.25) is 9.59 Å². The van der Waals surface area contributed by atoms with E-state index in [-0.39, 0.29) is 36.4 Å². The Bertz CT molecular complexity index is 797. The number of rotatable bonds is 3.